The molecular formula is C18H20N4O. The molecule has 0 aliphatic rings. The number of pyridine rings is 1. The van der Waals surface area contributed by atoms with Gasteiger partial charge in [0.05, 0.1) is 17.3 Å². The summed E-state index contributed by atoms with van der Waals surface area (Å²) < 4.78 is 1.73. The number of hydrogen-bond donors (Lipinski definition) is 1. The minimum absolute atomic E-state index is 0.122. The Morgan fingerprint density at radius 1 is 1.30 bits per heavy atom. The van der Waals surface area contributed by atoms with Crippen LogP contribution in [0.1, 0.15) is 41.1 Å². The van der Waals surface area contributed by atoms with Crippen LogP contribution in [0.3, 0.4) is 0 Å². The second-order valence-corrected chi connectivity index (χ2v) is 5.68. The molecule has 5 nitrogen and oxygen atoms in total. The lowest BCUT2D eigenvalue weighted by Crippen LogP contribution is -2.29. The van der Waals surface area contributed by atoms with Crippen molar-refractivity contribution in [2.45, 2.75) is 26.3 Å². The van der Waals surface area contributed by atoms with Crippen LogP contribution in [0.25, 0.3) is 10.9 Å². The maximum absolute atomic E-state index is 12.7. The van der Waals surface area contributed by atoms with E-state index in [-0.39, 0.29) is 11.9 Å². The Kier molecular flexibility index (Phi) is 4.10. The highest BCUT2D eigenvalue weighted by Crippen LogP contribution is 2.20. The molecule has 1 aromatic carbocycles. The fourth-order valence-corrected chi connectivity index (χ4v) is 2.74. The minimum atomic E-state index is -0.169. The van der Waals surface area contributed by atoms with Crippen molar-refractivity contribution < 1.29 is 4.79 Å². The molecule has 0 aliphatic heterocycles. The van der Waals surface area contributed by atoms with Crippen molar-refractivity contribution in [1.29, 1.82) is 0 Å². The number of para-hydroxylation sites is 1. The first-order valence-electron chi connectivity index (χ1n) is 7.75. The van der Waals surface area contributed by atoms with Crippen LogP contribution in [0.4, 0.5) is 0 Å². The van der Waals surface area contributed by atoms with E-state index < -0.39 is 0 Å². The average molecular weight is 308 g/mol. The van der Waals surface area contributed by atoms with E-state index in [9.17, 15) is 4.79 Å². The number of carbonyl (C=O) groups excluding carboxylic acids is 1. The second-order valence-electron chi connectivity index (χ2n) is 5.68. The Bertz CT molecular complexity index is 853. The van der Waals surface area contributed by atoms with Gasteiger partial charge in [-0.3, -0.25) is 14.5 Å². The van der Waals surface area contributed by atoms with Crippen LogP contribution in [0, 0.1) is 6.92 Å². The molecular weight excluding hydrogens is 288 g/mol. The van der Waals surface area contributed by atoms with E-state index in [1.165, 1.54) is 0 Å². The molecule has 2 heterocycles. The monoisotopic (exact) mass is 308 g/mol. The standard InChI is InChI=1S/C18H20N4O/c1-4-14(15-11-12(2)9-10-19-15)20-18(23)17-13-7-5-6-8-16(13)22(3)21-17/h5-11,14H,4H2,1-3H3,(H,20,23). The molecule has 0 spiro atoms. The Labute approximate surface area is 135 Å². The molecule has 1 N–H and O–H groups in total. The van der Waals surface area contributed by atoms with Crippen LogP contribution >= 0.6 is 0 Å². The molecule has 1 atom stereocenters. The van der Waals surface area contributed by atoms with Gasteiger partial charge in [0.25, 0.3) is 5.91 Å². The Morgan fingerprint density at radius 2 is 2.09 bits per heavy atom. The van der Waals surface area contributed by atoms with Gasteiger partial charge in [0.2, 0.25) is 0 Å². The molecule has 0 fully saturated rings. The van der Waals surface area contributed by atoms with Crippen LogP contribution in [-0.2, 0) is 7.05 Å². The summed E-state index contributed by atoms with van der Waals surface area (Å²) in [7, 11) is 1.85. The SMILES string of the molecule is CCC(NC(=O)c1nn(C)c2ccccc12)c1cc(C)ccn1. The quantitative estimate of drug-likeness (QED) is 0.805. The molecule has 0 saturated carbocycles. The van der Waals surface area contributed by atoms with Gasteiger partial charge in [-0.15, -0.1) is 0 Å². The van der Waals surface area contributed by atoms with Crippen molar-refractivity contribution in [3.8, 4) is 0 Å². The maximum Gasteiger partial charge on any atom is 0.272 e. The van der Waals surface area contributed by atoms with E-state index in [1.54, 1.807) is 10.9 Å². The minimum Gasteiger partial charge on any atom is -0.342 e. The normalized spacial score (nSPS) is 12.3. The summed E-state index contributed by atoms with van der Waals surface area (Å²) in [6.07, 6.45) is 2.54. The van der Waals surface area contributed by atoms with E-state index in [0.29, 0.717) is 5.69 Å². The van der Waals surface area contributed by atoms with Gasteiger partial charge >= 0.3 is 0 Å². The third-order valence-electron chi connectivity index (χ3n) is 3.98. The zero-order valence-electron chi connectivity index (χ0n) is 13.6. The van der Waals surface area contributed by atoms with Gasteiger partial charge in [0, 0.05) is 18.6 Å². The van der Waals surface area contributed by atoms with Gasteiger partial charge in [-0.05, 0) is 37.1 Å². The molecule has 1 unspecified atom stereocenters. The van der Waals surface area contributed by atoms with Crippen molar-refractivity contribution in [3.63, 3.8) is 0 Å². The summed E-state index contributed by atoms with van der Waals surface area (Å²) in [4.78, 5) is 17.1. The molecule has 0 saturated heterocycles. The molecule has 0 bridgehead atoms. The lowest BCUT2D eigenvalue weighted by Gasteiger charge is -2.16. The van der Waals surface area contributed by atoms with E-state index >= 15 is 0 Å². The number of nitrogens with zero attached hydrogens (tertiary/aromatic N) is 3. The predicted octanol–water partition coefficient (Wildman–Crippen LogP) is 3.16. The van der Waals surface area contributed by atoms with Crippen LogP contribution in [-0.4, -0.2) is 20.7 Å². The molecule has 0 aliphatic carbocycles. The smallest absolute Gasteiger partial charge is 0.272 e. The first-order valence-corrected chi connectivity index (χ1v) is 7.75. The number of carbonyl (C=O) groups is 1. The van der Waals surface area contributed by atoms with Gasteiger partial charge < -0.3 is 5.32 Å². The zero-order valence-corrected chi connectivity index (χ0v) is 13.6. The summed E-state index contributed by atoms with van der Waals surface area (Å²) >= 11 is 0. The average Bonchev–Trinajstić information content (AvgIpc) is 2.90. The zero-order chi connectivity index (χ0) is 16.4. The van der Waals surface area contributed by atoms with Gasteiger partial charge in [-0.1, -0.05) is 25.1 Å². The summed E-state index contributed by atoms with van der Waals surface area (Å²) in [5, 5.41) is 8.29. The third-order valence-corrected chi connectivity index (χ3v) is 3.98. The van der Waals surface area contributed by atoms with Gasteiger partial charge in [-0.25, -0.2) is 0 Å². The van der Waals surface area contributed by atoms with E-state index in [2.05, 4.69) is 15.4 Å². The lowest BCUT2D eigenvalue weighted by molar-refractivity contribution is 0.0930. The molecule has 0 radical (unpaired) electrons. The molecule has 118 valence electrons. The molecule has 5 heteroatoms. The van der Waals surface area contributed by atoms with Crippen LogP contribution in [0.15, 0.2) is 42.6 Å². The fourth-order valence-electron chi connectivity index (χ4n) is 2.74. The first-order chi connectivity index (χ1) is 11.1. The number of hydrogen-bond acceptors (Lipinski definition) is 3. The summed E-state index contributed by atoms with van der Waals surface area (Å²) in [5.74, 6) is -0.169. The highest BCUT2D eigenvalue weighted by molar-refractivity contribution is 6.04. The van der Waals surface area contributed by atoms with Crippen LogP contribution in [0.2, 0.25) is 0 Å². The van der Waals surface area contributed by atoms with Gasteiger partial charge in [0.1, 0.15) is 0 Å². The Morgan fingerprint density at radius 3 is 2.83 bits per heavy atom. The lowest BCUT2D eigenvalue weighted by atomic mass is 10.1. The van der Waals surface area contributed by atoms with Gasteiger partial charge in [-0.2, -0.15) is 5.10 Å². The summed E-state index contributed by atoms with van der Waals surface area (Å²) in [6, 6.07) is 11.6. The van der Waals surface area contributed by atoms with Crippen molar-refractivity contribution in [2.75, 3.05) is 0 Å². The first kappa shape index (κ1) is 15.2. The maximum atomic E-state index is 12.7. The molecule has 3 rings (SSSR count). The number of nitrogens with one attached hydrogen (secondary N) is 1. The Balaban J connectivity index is 1.90. The largest absolute Gasteiger partial charge is 0.342 e. The van der Waals surface area contributed by atoms with Crippen LogP contribution in [0.5, 0.6) is 0 Å². The topological polar surface area (TPSA) is 59.8 Å². The number of aromatic nitrogens is 3. The van der Waals surface area contributed by atoms with Crippen LogP contribution < -0.4 is 5.32 Å². The van der Waals surface area contributed by atoms with Crippen molar-refractivity contribution in [3.05, 3.63) is 59.5 Å². The summed E-state index contributed by atoms with van der Waals surface area (Å²) in [5.41, 5.74) is 3.40. The second kappa shape index (κ2) is 6.20. The number of benzene rings is 1. The van der Waals surface area contributed by atoms with E-state index in [1.807, 2.05) is 57.3 Å². The van der Waals surface area contributed by atoms with Crippen molar-refractivity contribution >= 4 is 16.8 Å². The number of rotatable bonds is 4. The predicted molar refractivity (Wildman–Crippen MR) is 90.2 cm³/mol. The number of amides is 1. The molecule has 23 heavy (non-hydrogen) atoms. The number of aryl methyl sites for hydroxylation is 2. The Hall–Kier alpha value is -2.69. The molecule has 2 aromatic heterocycles. The summed E-state index contributed by atoms with van der Waals surface area (Å²) in [6.45, 7) is 4.05. The third kappa shape index (κ3) is 2.95. The fraction of sp³-hybridized carbons (Fsp3) is 0.278. The highest BCUT2D eigenvalue weighted by Gasteiger charge is 2.20. The van der Waals surface area contributed by atoms with E-state index in [0.717, 1.165) is 28.6 Å². The highest BCUT2D eigenvalue weighted by atomic mass is 16.2. The van der Waals surface area contributed by atoms with Crippen molar-refractivity contribution in [1.82, 2.24) is 20.1 Å². The molecule has 3 aromatic rings. The van der Waals surface area contributed by atoms with Gasteiger partial charge in [0.15, 0.2) is 5.69 Å². The molecule has 1 amide bonds. The van der Waals surface area contributed by atoms with Crippen molar-refractivity contribution in [2.24, 2.45) is 7.05 Å². The number of fused-ring (bicyclic) bond motifs is 1. The van der Waals surface area contributed by atoms with E-state index in [4.69, 9.17) is 0 Å².